The van der Waals surface area contributed by atoms with Crippen molar-refractivity contribution in [1.29, 1.82) is 0 Å². The molecule has 0 saturated carbocycles. The minimum absolute atomic E-state index is 0.00309. The van der Waals surface area contributed by atoms with Crippen LogP contribution in [0.1, 0.15) is 6.42 Å². The average Bonchev–Trinajstić information content (AvgIpc) is 3.39. The lowest BCUT2D eigenvalue weighted by atomic mass is 10.2. The number of rotatable bonds is 11. The first kappa shape index (κ1) is 24.4. The molecule has 1 aliphatic heterocycles. The Kier molecular flexibility index (Phi) is 8.70. The number of anilines is 1. The van der Waals surface area contributed by atoms with Crippen molar-refractivity contribution in [2.24, 2.45) is 0 Å². The number of methoxy groups -OCH3 is 1. The first-order chi connectivity index (χ1) is 16.6. The lowest BCUT2D eigenvalue weighted by molar-refractivity contribution is -0.121. The van der Waals surface area contributed by atoms with Gasteiger partial charge in [0.2, 0.25) is 5.91 Å². The second kappa shape index (κ2) is 12.1. The number of benzene rings is 1. The molecule has 1 amide bonds. The number of amides is 1. The highest BCUT2D eigenvalue weighted by Crippen LogP contribution is 2.29. The van der Waals surface area contributed by atoms with Crippen molar-refractivity contribution in [3.05, 3.63) is 41.6 Å². The van der Waals surface area contributed by atoms with Crippen LogP contribution >= 0.6 is 11.6 Å². The molecule has 0 radical (unpaired) electrons. The summed E-state index contributed by atoms with van der Waals surface area (Å²) in [6, 6.07) is 9.14. The van der Waals surface area contributed by atoms with Crippen molar-refractivity contribution < 1.29 is 18.7 Å². The number of ether oxygens (including phenoxy) is 2. The summed E-state index contributed by atoms with van der Waals surface area (Å²) >= 11 is 6.24. The molecule has 3 aromatic rings. The maximum atomic E-state index is 12.6. The summed E-state index contributed by atoms with van der Waals surface area (Å²) in [5, 5.41) is 4.47. The van der Waals surface area contributed by atoms with Gasteiger partial charge in [-0.2, -0.15) is 0 Å². The number of nitrogens with one attached hydrogen (secondary N) is 1. The van der Waals surface area contributed by atoms with Gasteiger partial charge in [0.1, 0.15) is 5.82 Å². The van der Waals surface area contributed by atoms with E-state index < -0.39 is 0 Å². The Hall–Kier alpha value is -2.72. The van der Waals surface area contributed by atoms with Gasteiger partial charge in [0, 0.05) is 63.2 Å². The molecular weight excluding hydrogens is 458 g/mol. The Morgan fingerprint density at radius 3 is 2.85 bits per heavy atom. The maximum absolute atomic E-state index is 12.6. The van der Waals surface area contributed by atoms with Crippen molar-refractivity contribution in [3.63, 3.8) is 0 Å². The van der Waals surface area contributed by atoms with E-state index in [0.29, 0.717) is 60.6 Å². The van der Waals surface area contributed by atoms with E-state index in [1.165, 1.54) is 0 Å². The van der Waals surface area contributed by atoms with Gasteiger partial charge in [-0.25, -0.2) is 9.97 Å². The van der Waals surface area contributed by atoms with Crippen LogP contribution in [0.5, 0.6) is 0 Å². The number of furan rings is 1. The van der Waals surface area contributed by atoms with E-state index >= 15 is 0 Å². The largest absolute Gasteiger partial charge is 0.461 e. The summed E-state index contributed by atoms with van der Waals surface area (Å²) in [5.74, 6) is 1.75. The average molecular weight is 488 g/mol. The molecule has 0 atom stereocenters. The lowest BCUT2D eigenvalue weighted by Crippen LogP contribution is -2.42. The molecule has 0 unspecified atom stereocenters. The molecule has 34 heavy (non-hydrogen) atoms. The molecule has 9 nitrogen and oxygen atoms in total. The Labute approximate surface area is 204 Å². The van der Waals surface area contributed by atoms with Gasteiger partial charge >= 0.3 is 0 Å². The van der Waals surface area contributed by atoms with Gasteiger partial charge < -0.3 is 24.1 Å². The van der Waals surface area contributed by atoms with Gasteiger partial charge in [-0.3, -0.25) is 9.69 Å². The minimum Gasteiger partial charge on any atom is -0.461 e. The molecule has 1 aliphatic rings. The highest BCUT2D eigenvalue weighted by molar-refractivity contribution is 6.31. The summed E-state index contributed by atoms with van der Waals surface area (Å²) in [6.45, 7) is 6.31. The number of nitrogens with zero attached hydrogens (tertiary/aromatic N) is 4. The van der Waals surface area contributed by atoms with Crippen LogP contribution in [-0.2, 0) is 14.3 Å². The topological polar surface area (TPSA) is 93.0 Å². The molecule has 10 heteroatoms. The van der Waals surface area contributed by atoms with E-state index in [-0.39, 0.29) is 5.91 Å². The summed E-state index contributed by atoms with van der Waals surface area (Å²) < 4.78 is 16.2. The van der Waals surface area contributed by atoms with Gasteiger partial charge in [-0.15, -0.1) is 0 Å². The number of hydrogen-bond donors (Lipinski definition) is 1. The van der Waals surface area contributed by atoms with Crippen LogP contribution in [0.25, 0.3) is 22.5 Å². The maximum Gasteiger partial charge on any atom is 0.221 e. The number of morpholine rings is 1. The molecule has 0 spiro atoms. The molecule has 1 aromatic carbocycles. The van der Waals surface area contributed by atoms with Gasteiger partial charge in [-0.1, -0.05) is 11.6 Å². The van der Waals surface area contributed by atoms with Crippen molar-refractivity contribution >= 4 is 34.2 Å². The second-order valence-electron chi connectivity index (χ2n) is 8.04. The monoisotopic (exact) mass is 487 g/mol. The quantitative estimate of drug-likeness (QED) is 0.441. The van der Waals surface area contributed by atoms with Gasteiger partial charge in [0.15, 0.2) is 11.6 Å². The minimum atomic E-state index is 0.00309. The Morgan fingerprint density at radius 1 is 1.24 bits per heavy atom. The van der Waals surface area contributed by atoms with Gasteiger partial charge in [-0.05, 0) is 30.3 Å². The number of carbonyl (C=O) groups excluding carboxylic acids is 1. The predicted molar refractivity (Wildman–Crippen MR) is 131 cm³/mol. The fraction of sp³-hybridized carbons (Fsp3) is 0.458. The Morgan fingerprint density at radius 2 is 2.09 bits per heavy atom. The standard InChI is InChI=1S/C24H30ClN5O4/c1-32-14-12-30(8-6-22(31)26-7-9-29-10-15-33-16-11-29)24-19-5-4-18(25)17-20(19)27-23(28-24)21-3-2-13-34-21/h2-5,13,17H,6-12,14-16H2,1H3,(H,26,31). The van der Waals surface area contributed by atoms with Gasteiger partial charge in [0.25, 0.3) is 0 Å². The van der Waals surface area contributed by atoms with Crippen LogP contribution in [0, 0.1) is 0 Å². The number of halogens is 1. The summed E-state index contributed by atoms with van der Waals surface area (Å²) in [6.07, 6.45) is 1.92. The van der Waals surface area contributed by atoms with Crippen LogP contribution < -0.4 is 10.2 Å². The van der Waals surface area contributed by atoms with Crippen molar-refractivity contribution in [2.75, 3.05) is 71.1 Å². The molecule has 3 heterocycles. The van der Waals surface area contributed by atoms with Crippen LogP contribution in [0.2, 0.25) is 5.02 Å². The lowest BCUT2D eigenvalue weighted by Gasteiger charge is -2.27. The normalized spacial score (nSPS) is 14.4. The van der Waals surface area contributed by atoms with E-state index in [1.807, 2.05) is 18.2 Å². The summed E-state index contributed by atoms with van der Waals surface area (Å²) in [5.41, 5.74) is 0.710. The van der Waals surface area contributed by atoms with Crippen LogP contribution in [0.4, 0.5) is 5.82 Å². The van der Waals surface area contributed by atoms with Crippen molar-refractivity contribution in [2.45, 2.75) is 6.42 Å². The number of hydrogen-bond acceptors (Lipinski definition) is 8. The molecular formula is C24H30ClN5O4. The van der Waals surface area contributed by atoms with Crippen LogP contribution in [0.3, 0.4) is 0 Å². The van der Waals surface area contributed by atoms with Gasteiger partial charge in [0.05, 0.1) is 31.6 Å². The Balaban J connectivity index is 1.48. The molecule has 182 valence electrons. The SMILES string of the molecule is COCCN(CCC(=O)NCCN1CCOCC1)c1nc(-c2ccco2)nc2cc(Cl)ccc12. The smallest absolute Gasteiger partial charge is 0.221 e. The van der Waals surface area contributed by atoms with E-state index in [2.05, 4.69) is 20.1 Å². The van der Waals surface area contributed by atoms with Crippen molar-refractivity contribution in [1.82, 2.24) is 20.2 Å². The van der Waals surface area contributed by atoms with Crippen molar-refractivity contribution in [3.8, 4) is 11.6 Å². The molecule has 1 N–H and O–H groups in total. The zero-order chi connectivity index (χ0) is 23.8. The second-order valence-corrected chi connectivity index (χ2v) is 8.48. The fourth-order valence-electron chi connectivity index (χ4n) is 3.87. The molecule has 0 bridgehead atoms. The first-order valence-electron chi connectivity index (χ1n) is 11.5. The Bertz CT molecular complexity index is 1070. The summed E-state index contributed by atoms with van der Waals surface area (Å²) in [4.78, 5) is 26.4. The van der Waals surface area contributed by atoms with E-state index in [9.17, 15) is 4.79 Å². The highest BCUT2D eigenvalue weighted by atomic mass is 35.5. The highest BCUT2D eigenvalue weighted by Gasteiger charge is 2.18. The van der Waals surface area contributed by atoms with E-state index in [1.54, 1.807) is 25.5 Å². The van der Waals surface area contributed by atoms with E-state index in [4.69, 9.17) is 30.5 Å². The van der Waals surface area contributed by atoms with Crippen LogP contribution in [0.15, 0.2) is 41.0 Å². The zero-order valence-electron chi connectivity index (χ0n) is 19.3. The first-order valence-corrected chi connectivity index (χ1v) is 11.8. The molecule has 1 saturated heterocycles. The summed E-state index contributed by atoms with van der Waals surface area (Å²) in [7, 11) is 1.66. The number of aromatic nitrogens is 2. The zero-order valence-corrected chi connectivity index (χ0v) is 20.1. The number of fused-ring (bicyclic) bond motifs is 1. The third-order valence-corrected chi connectivity index (χ3v) is 5.94. The third-order valence-electron chi connectivity index (χ3n) is 5.71. The molecule has 0 aliphatic carbocycles. The molecule has 4 rings (SSSR count). The van der Waals surface area contributed by atoms with E-state index in [0.717, 1.165) is 38.2 Å². The van der Waals surface area contributed by atoms with Crippen LogP contribution in [-0.4, -0.2) is 87.0 Å². The molecule has 1 fully saturated rings. The fourth-order valence-corrected chi connectivity index (χ4v) is 4.04. The third kappa shape index (κ3) is 6.44. The predicted octanol–water partition coefficient (Wildman–Crippen LogP) is 2.83. The number of carbonyl (C=O) groups is 1. The molecule has 2 aromatic heterocycles.